The number of amides is 1. The van der Waals surface area contributed by atoms with Gasteiger partial charge in [-0.25, -0.2) is 0 Å². The molecule has 1 amide bonds. The van der Waals surface area contributed by atoms with Crippen molar-refractivity contribution in [2.75, 3.05) is 12.4 Å². The van der Waals surface area contributed by atoms with Crippen molar-refractivity contribution in [3.63, 3.8) is 0 Å². The molecule has 1 aliphatic heterocycles. The van der Waals surface area contributed by atoms with Gasteiger partial charge in [-0.3, -0.25) is 9.78 Å². The maximum Gasteiger partial charge on any atom is 0.257 e. The molecule has 2 aromatic heterocycles. The van der Waals surface area contributed by atoms with Gasteiger partial charge in [0.1, 0.15) is 11.1 Å². The molecule has 5 nitrogen and oxygen atoms in total. The highest BCUT2D eigenvalue weighted by Gasteiger charge is 2.28. The third kappa shape index (κ3) is 3.00. The Morgan fingerprint density at radius 1 is 1.28 bits per heavy atom. The summed E-state index contributed by atoms with van der Waals surface area (Å²) in [7, 11) is 1.62. The van der Waals surface area contributed by atoms with Gasteiger partial charge in [-0.1, -0.05) is 6.07 Å². The lowest BCUT2D eigenvalue weighted by atomic mass is 10.2. The molecular weight excluding hydrogens is 334 g/mol. The molecule has 126 valence electrons. The van der Waals surface area contributed by atoms with E-state index in [0.717, 1.165) is 34.0 Å². The van der Waals surface area contributed by atoms with Crippen LogP contribution in [0.5, 0.6) is 5.75 Å². The Balaban J connectivity index is 1.55. The van der Waals surface area contributed by atoms with Crippen LogP contribution in [-0.4, -0.2) is 22.6 Å². The second-order valence-electron chi connectivity index (χ2n) is 5.72. The Kier molecular flexibility index (Phi) is 4.19. The number of anilines is 1. The molecule has 1 N–H and O–H groups in total. The van der Waals surface area contributed by atoms with E-state index in [4.69, 9.17) is 4.74 Å². The molecule has 3 heterocycles. The minimum Gasteiger partial charge on any atom is -0.497 e. The van der Waals surface area contributed by atoms with Crippen molar-refractivity contribution in [1.82, 2.24) is 9.55 Å². The standard InChI is InChI=1S/C19H17N3O2S/c1-24-15-6-4-14(5-7-15)21-18(23)16-8-10-22-17(16)12-25-19(22)13-3-2-9-20-11-13/h2-11,19H,12H2,1H3,(H,21,23). The summed E-state index contributed by atoms with van der Waals surface area (Å²) in [5, 5.41) is 3.12. The molecule has 6 heteroatoms. The molecule has 0 saturated heterocycles. The van der Waals surface area contributed by atoms with Gasteiger partial charge in [0, 0.05) is 41.3 Å². The second kappa shape index (κ2) is 6.64. The van der Waals surface area contributed by atoms with Crippen molar-refractivity contribution in [1.29, 1.82) is 0 Å². The number of fused-ring (bicyclic) bond motifs is 1. The largest absolute Gasteiger partial charge is 0.497 e. The fourth-order valence-electron chi connectivity index (χ4n) is 2.95. The second-order valence-corrected chi connectivity index (χ2v) is 6.78. The van der Waals surface area contributed by atoms with Gasteiger partial charge in [0.25, 0.3) is 5.91 Å². The van der Waals surface area contributed by atoms with Crippen LogP contribution in [0.15, 0.2) is 61.1 Å². The molecule has 25 heavy (non-hydrogen) atoms. The van der Waals surface area contributed by atoms with E-state index in [2.05, 4.69) is 20.9 Å². The first kappa shape index (κ1) is 15.8. The fourth-order valence-corrected chi connectivity index (χ4v) is 4.26. The number of methoxy groups -OCH3 is 1. The minimum atomic E-state index is -0.0913. The number of hydrogen-bond acceptors (Lipinski definition) is 4. The molecule has 0 saturated carbocycles. The zero-order chi connectivity index (χ0) is 17.2. The number of hydrogen-bond donors (Lipinski definition) is 1. The summed E-state index contributed by atoms with van der Waals surface area (Å²) < 4.78 is 7.29. The summed E-state index contributed by atoms with van der Waals surface area (Å²) in [5.74, 6) is 1.47. The Hall–Kier alpha value is -2.73. The maximum absolute atomic E-state index is 12.7. The normalized spacial score (nSPS) is 15.6. The molecule has 3 aromatic rings. The number of nitrogens with zero attached hydrogens (tertiary/aromatic N) is 2. The van der Waals surface area contributed by atoms with Gasteiger partial charge in [-0.15, -0.1) is 11.8 Å². The van der Waals surface area contributed by atoms with Crippen molar-refractivity contribution in [2.24, 2.45) is 0 Å². The van der Waals surface area contributed by atoms with Crippen LogP contribution < -0.4 is 10.1 Å². The van der Waals surface area contributed by atoms with Crippen molar-refractivity contribution in [3.8, 4) is 5.75 Å². The summed E-state index contributed by atoms with van der Waals surface area (Å²) in [6, 6.07) is 13.2. The van der Waals surface area contributed by atoms with E-state index in [1.165, 1.54) is 0 Å². The predicted molar refractivity (Wildman–Crippen MR) is 99.1 cm³/mol. The van der Waals surface area contributed by atoms with Crippen LogP contribution in [0.1, 0.15) is 27.0 Å². The lowest BCUT2D eigenvalue weighted by Crippen LogP contribution is -2.13. The number of nitrogens with one attached hydrogen (secondary N) is 1. The smallest absolute Gasteiger partial charge is 0.257 e. The van der Waals surface area contributed by atoms with E-state index in [-0.39, 0.29) is 11.3 Å². The van der Waals surface area contributed by atoms with E-state index in [0.29, 0.717) is 0 Å². The molecule has 1 unspecified atom stereocenters. The van der Waals surface area contributed by atoms with E-state index >= 15 is 0 Å². The van der Waals surface area contributed by atoms with Crippen LogP contribution in [0.3, 0.4) is 0 Å². The highest BCUT2D eigenvalue weighted by molar-refractivity contribution is 7.99. The summed E-state index contributed by atoms with van der Waals surface area (Å²) in [4.78, 5) is 16.9. The quantitative estimate of drug-likeness (QED) is 0.774. The van der Waals surface area contributed by atoms with Gasteiger partial charge in [-0.2, -0.15) is 0 Å². The lowest BCUT2D eigenvalue weighted by Gasteiger charge is -2.12. The Morgan fingerprint density at radius 2 is 2.12 bits per heavy atom. The van der Waals surface area contributed by atoms with Crippen LogP contribution >= 0.6 is 11.8 Å². The van der Waals surface area contributed by atoms with Crippen molar-refractivity contribution in [2.45, 2.75) is 11.1 Å². The van der Waals surface area contributed by atoms with Gasteiger partial charge in [0.15, 0.2) is 0 Å². The molecule has 4 rings (SSSR count). The van der Waals surface area contributed by atoms with Gasteiger partial charge in [0.2, 0.25) is 0 Å². The van der Waals surface area contributed by atoms with Gasteiger partial charge >= 0.3 is 0 Å². The number of benzene rings is 1. The number of rotatable bonds is 4. The Bertz CT molecular complexity index is 891. The van der Waals surface area contributed by atoms with E-state index in [1.54, 1.807) is 25.1 Å². The zero-order valence-electron chi connectivity index (χ0n) is 13.7. The third-order valence-corrected chi connectivity index (χ3v) is 5.47. The molecule has 1 aliphatic rings. The van der Waals surface area contributed by atoms with Crippen LogP contribution in [0.2, 0.25) is 0 Å². The molecule has 1 aromatic carbocycles. The predicted octanol–water partition coefficient (Wildman–Crippen LogP) is 3.94. The first-order valence-corrected chi connectivity index (χ1v) is 8.98. The van der Waals surface area contributed by atoms with Crippen molar-refractivity contribution in [3.05, 3.63) is 77.9 Å². The number of ether oxygens (including phenoxy) is 1. The van der Waals surface area contributed by atoms with Crippen LogP contribution in [0, 0.1) is 0 Å². The van der Waals surface area contributed by atoms with Crippen LogP contribution in [-0.2, 0) is 5.75 Å². The zero-order valence-corrected chi connectivity index (χ0v) is 14.5. The van der Waals surface area contributed by atoms with Gasteiger partial charge in [0.05, 0.1) is 12.7 Å². The monoisotopic (exact) mass is 351 g/mol. The van der Waals surface area contributed by atoms with Crippen molar-refractivity contribution < 1.29 is 9.53 Å². The first-order valence-electron chi connectivity index (χ1n) is 7.93. The summed E-state index contributed by atoms with van der Waals surface area (Å²) >= 11 is 1.80. The minimum absolute atomic E-state index is 0.0913. The fraction of sp³-hybridized carbons (Fsp3) is 0.158. The average molecular weight is 351 g/mol. The number of aromatic nitrogens is 2. The molecule has 0 bridgehead atoms. The first-order chi connectivity index (χ1) is 12.3. The molecule has 0 fully saturated rings. The third-order valence-electron chi connectivity index (χ3n) is 4.22. The highest BCUT2D eigenvalue weighted by atomic mass is 32.2. The van der Waals surface area contributed by atoms with Gasteiger partial charge < -0.3 is 14.6 Å². The van der Waals surface area contributed by atoms with Gasteiger partial charge in [-0.05, 0) is 36.4 Å². The number of thioether (sulfide) groups is 1. The Morgan fingerprint density at radius 3 is 2.84 bits per heavy atom. The van der Waals surface area contributed by atoms with E-state index < -0.39 is 0 Å². The van der Waals surface area contributed by atoms with E-state index in [9.17, 15) is 4.79 Å². The van der Waals surface area contributed by atoms with E-state index in [1.807, 2.05) is 48.8 Å². The molecule has 0 radical (unpaired) electrons. The SMILES string of the molecule is COc1ccc(NC(=O)c2ccn3c2CSC3c2cccnc2)cc1. The average Bonchev–Trinajstić information content (AvgIpc) is 3.25. The highest BCUT2D eigenvalue weighted by Crippen LogP contribution is 2.41. The molecule has 0 spiro atoms. The number of pyridine rings is 1. The maximum atomic E-state index is 12.7. The van der Waals surface area contributed by atoms with Crippen LogP contribution in [0.4, 0.5) is 5.69 Å². The number of carbonyl (C=O) groups is 1. The van der Waals surface area contributed by atoms with Crippen LogP contribution in [0.25, 0.3) is 0 Å². The topological polar surface area (TPSA) is 56.1 Å². The summed E-state index contributed by atoms with van der Waals surface area (Å²) in [5.41, 5.74) is 3.66. The van der Waals surface area contributed by atoms with Crippen molar-refractivity contribution >= 4 is 23.4 Å². The molecule has 1 atom stereocenters. The Labute approximate surface area is 150 Å². The molecule has 0 aliphatic carbocycles. The molecular formula is C19H17N3O2S. The summed E-state index contributed by atoms with van der Waals surface area (Å²) in [6.07, 6.45) is 5.63. The number of carbonyl (C=O) groups excluding carboxylic acids is 1. The lowest BCUT2D eigenvalue weighted by molar-refractivity contribution is 0.102. The summed E-state index contributed by atoms with van der Waals surface area (Å²) in [6.45, 7) is 0.